The number of carbonyl (C=O) groups excluding carboxylic acids is 1. The quantitative estimate of drug-likeness (QED) is 0.599. The Morgan fingerprint density at radius 3 is 2.57 bits per heavy atom. The molecule has 0 spiro atoms. The van der Waals surface area contributed by atoms with Gasteiger partial charge >= 0.3 is 0 Å². The van der Waals surface area contributed by atoms with Gasteiger partial charge in [0.2, 0.25) is 0 Å². The number of methoxy groups -OCH3 is 1. The number of carbonyl (C=O) groups is 1. The molecule has 0 aliphatic carbocycles. The summed E-state index contributed by atoms with van der Waals surface area (Å²) in [5.41, 5.74) is 3.24. The number of nitro groups is 1. The molecular weight excluding hydrogens is 358 g/mol. The van der Waals surface area contributed by atoms with Gasteiger partial charge in [0.05, 0.1) is 12.0 Å². The van der Waals surface area contributed by atoms with Gasteiger partial charge in [-0.25, -0.2) is 0 Å². The van der Waals surface area contributed by atoms with Crippen molar-refractivity contribution < 1.29 is 14.5 Å². The highest BCUT2D eigenvalue weighted by Crippen LogP contribution is 2.32. The van der Waals surface area contributed by atoms with E-state index in [0.29, 0.717) is 24.3 Å². The maximum Gasteiger partial charge on any atom is 0.293 e. The van der Waals surface area contributed by atoms with Gasteiger partial charge in [-0.1, -0.05) is 6.07 Å². The summed E-state index contributed by atoms with van der Waals surface area (Å²) in [5, 5.41) is 11.6. The number of benzene rings is 2. The van der Waals surface area contributed by atoms with E-state index in [1.807, 2.05) is 23.1 Å². The van der Waals surface area contributed by atoms with Crippen LogP contribution >= 0.6 is 0 Å². The summed E-state index contributed by atoms with van der Waals surface area (Å²) in [7, 11) is 1.62. The zero-order valence-corrected chi connectivity index (χ0v) is 15.9. The van der Waals surface area contributed by atoms with Crippen molar-refractivity contribution in [3.63, 3.8) is 0 Å². The van der Waals surface area contributed by atoms with E-state index < -0.39 is 0 Å². The lowest BCUT2D eigenvalue weighted by Gasteiger charge is -2.29. The first kappa shape index (κ1) is 18.3. The van der Waals surface area contributed by atoms with E-state index in [9.17, 15) is 14.9 Å². The van der Waals surface area contributed by atoms with Crippen molar-refractivity contribution in [2.45, 2.75) is 25.8 Å². The summed E-state index contributed by atoms with van der Waals surface area (Å²) in [4.78, 5) is 28.0. The van der Waals surface area contributed by atoms with Crippen molar-refractivity contribution in [3.05, 3.63) is 63.2 Å². The second-order valence-corrected chi connectivity index (χ2v) is 7.27. The predicted molar refractivity (Wildman–Crippen MR) is 106 cm³/mol. The van der Waals surface area contributed by atoms with Crippen molar-refractivity contribution in [1.82, 2.24) is 4.90 Å². The maximum absolute atomic E-state index is 13.0. The maximum atomic E-state index is 13.0. The molecule has 2 aromatic carbocycles. The number of hydrogen-bond donors (Lipinski definition) is 0. The number of nitrogens with zero attached hydrogens (tertiary/aromatic N) is 3. The largest absolute Gasteiger partial charge is 0.497 e. The number of hydrogen-bond acceptors (Lipinski definition) is 5. The van der Waals surface area contributed by atoms with Gasteiger partial charge in [0.15, 0.2) is 0 Å². The Labute approximate surface area is 163 Å². The minimum absolute atomic E-state index is 0.00632. The van der Waals surface area contributed by atoms with Crippen LogP contribution in [-0.2, 0) is 13.0 Å². The molecule has 4 rings (SSSR count). The molecule has 2 aliphatic heterocycles. The molecule has 1 saturated heterocycles. The third-order valence-electron chi connectivity index (χ3n) is 5.58. The van der Waals surface area contributed by atoms with Crippen molar-refractivity contribution >= 4 is 17.3 Å². The molecule has 7 nitrogen and oxygen atoms in total. The van der Waals surface area contributed by atoms with Gasteiger partial charge in [-0.15, -0.1) is 0 Å². The zero-order valence-electron chi connectivity index (χ0n) is 15.9. The fraction of sp³-hybridized carbons (Fsp3) is 0.381. The van der Waals surface area contributed by atoms with E-state index >= 15 is 0 Å². The molecule has 2 aliphatic rings. The van der Waals surface area contributed by atoms with Gasteiger partial charge in [-0.05, 0) is 54.7 Å². The molecule has 0 bridgehead atoms. The predicted octanol–water partition coefficient (Wildman–Crippen LogP) is 3.40. The molecule has 0 N–H and O–H groups in total. The number of rotatable bonds is 4. The molecule has 0 aromatic heterocycles. The van der Waals surface area contributed by atoms with Crippen LogP contribution in [0.4, 0.5) is 11.4 Å². The monoisotopic (exact) mass is 381 g/mol. The normalized spacial score (nSPS) is 16.0. The second-order valence-electron chi connectivity index (χ2n) is 7.27. The van der Waals surface area contributed by atoms with E-state index in [1.54, 1.807) is 24.1 Å². The topological polar surface area (TPSA) is 75.9 Å². The summed E-state index contributed by atoms with van der Waals surface area (Å²) < 4.78 is 5.28. The second kappa shape index (κ2) is 7.50. The Morgan fingerprint density at radius 1 is 1.07 bits per heavy atom. The van der Waals surface area contributed by atoms with E-state index in [4.69, 9.17) is 4.74 Å². The van der Waals surface area contributed by atoms with Crippen LogP contribution in [-0.4, -0.2) is 42.5 Å². The standard InChI is InChI=1S/C21H23N3O4/c1-28-18-6-4-15-8-11-23(14-17(15)12-18)21(25)16-5-7-19(20(13-16)24(26)27)22-9-2-3-10-22/h4-7,12-13H,2-3,8-11,14H2,1H3. The molecule has 146 valence electrons. The van der Waals surface area contributed by atoms with Gasteiger partial charge in [-0.3, -0.25) is 14.9 Å². The average molecular weight is 381 g/mol. The average Bonchev–Trinajstić information content (AvgIpc) is 3.26. The molecule has 0 unspecified atom stereocenters. The smallest absolute Gasteiger partial charge is 0.293 e. The first-order valence-corrected chi connectivity index (χ1v) is 9.55. The highest BCUT2D eigenvalue weighted by Gasteiger charge is 2.27. The number of amides is 1. The van der Waals surface area contributed by atoms with Crippen LogP contribution in [0.1, 0.15) is 34.3 Å². The van der Waals surface area contributed by atoms with Crippen LogP contribution in [0.15, 0.2) is 36.4 Å². The summed E-state index contributed by atoms with van der Waals surface area (Å²) in [6.45, 7) is 2.71. The number of nitro benzene ring substituents is 1. The third kappa shape index (κ3) is 3.40. The molecule has 1 amide bonds. The summed E-state index contributed by atoms with van der Waals surface area (Å²) in [6.07, 6.45) is 2.84. The SMILES string of the molecule is COc1ccc2c(c1)CN(C(=O)c1ccc(N3CCCC3)c([N+](=O)[O-])c1)CC2. The number of fused-ring (bicyclic) bond motifs is 1. The van der Waals surface area contributed by atoms with Crippen LogP contribution in [0, 0.1) is 10.1 Å². The van der Waals surface area contributed by atoms with Crippen LogP contribution < -0.4 is 9.64 Å². The Morgan fingerprint density at radius 2 is 1.86 bits per heavy atom. The molecule has 2 heterocycles. The van der Waals surface area contributed by atoms with Crippen LogP contribution in [0.3, 0.4) is 0 Å². The third-order valence-corrected chi connectivity index (χ3v) is 5.58. The highest BCUT2D eigenvalue weighted by molar-refractivity contribution is 5.96. The summed E-state index contributed by atoms with van der Waals surface area (Å²) in [5.74, 6) is 0.586. The van der Waals surface area contributed by atoms with Crippen molar-refractivity contribution in [1.29, 1.82) is 0 Å². The fourth-order valence-electron chi connectivity index (χ4n) is 4.04. The lowest BCUT2D eigenvalue weighted by Crippen LogP contribution is -2.36. The van der Waals surface area contributed by atoms with Gasteiger partial charge < -0.3 is 14.5 Å². The lowest BCUT2D eigenvalue weighted by atomic mass is 9.98. The molecule has 0 radical (unpaired) electrons. The van der Waals surface area contributed by atoms with Gasteiger partial charge in [0.1, 0.15) is 11.4 Å². The fourth-order valence-corrected chi connectivity index (χ4v) is 4.04. The van der Waals surface area contributed by atoms with Crippen LogP contribution in [0.5, 0.6) is 5.75 Å². The van der Waals surface area contributed by atoms with Crippen molar-refractivity contribution in [2.75, 3.05) is 31.6 Å². The van der Waals surface area contributed by atoms with E-state index in [-0.39, 0.29) is 16.5 Å². The summed E-state index contributed by atoms with van der Waals surface area (Å²) in [6, 6.07) is 10.8. The molecule has 0 saturated carbocycles. The first-order valence-electron chi connectivity index (χ1n) is 9.55. The molecular formula is C21H23N3O4. The Bertz CT molecular complexity index is 922. The summed E-state index contributed by atoms with van der Waals surface area (Å²) >= 11 is 0. The minimum atomic E-state index is -0.388. The Hall–Kier alpha value is -3.09. The molecule has 7 heteroatoms. The van der Waals surface area contributed by atoms with Crippen LogP contribution in [0.2, 0.25) is 0 Å². The molecule has 2 aromatic rings. The minimum Gasteiger partial charge on any atom is -0.497 e. The van der Waals surface area contributed by atoms with E-state index in [2.05, 4.69) is 0 Å². The Kier molecular flexibility index (Phi) is 4.90. The number of anilines is 1. The van der Waals surface area contributed by atoms with Gasteiger partial charge in [0, 0.05) is 37.8 Å². The van der Waals surface area contributed by atoms with Gasteiger partial charge in [-0.2, -0.15) is 0 Å². The van der Waals surface area contributed by atoms with E-state index in [1.165, 1.54) is 11.6 Å². The molecule has 28 heavy (non-hydrogen) atoms. The van der Waals surface area contributed by atoms with Gasteiger partial charge in [0.25, 0.3) is 11.6 Å². The number of ether oxygens (including phenoxy) is 1. The van der Waals surface area contributed by atoms with E-state index in [0.717, 1.165) is 43.7 Å². The van der Waals surface area contributed by atoms with Crippen molar-refractivity contribution in [3.8, 4) is 5.75 Å². The van der Waals surface area contributed by atoms with Crippen LogP contribution in [0.25, 0.3) is 0 Å². The first-order chi connectivity index (χ1) is 13.6. The molecule has 0 atom stereocenters. The Balaban J connectivity index is 1.59. The lowest BCUT2D eigenvalue weighted by molar-refractivity contribution is -0.384. The molecule has 1 fully saturated rings. The van der Waals surface area contributed by atoms with Crippen molar-refractivity contribution in [2.24, 2.45) is 0 Å². The highest BCUT2D eigenvalue weighted by atomic mass is 16.6. The zero-order chi connectivity index (χ0) is 19.7.